The Hall–Kier alpha value is -4.00. The van der Waals surface area contributed by atoms with Gasteiger partial charge in [-0.05, 0) is 66.1 Å². The molecule has 0 bridgehead atoms. The maximum absolute atomic E-state index is 14.6. The number of imidazole rings is 1. The molecule has 0 atom stereocenters. The first-order valence-electron chi connectivity index (χ1n) is 10.8. The molecule has 0 saturated carbocycles. The fraction of sp³-hybridized carbons (Fsp3) is 0.154. The molecule has 7 heteroatoms. The summed E-state index contributed by atoms with van der Waals surface area (Å²) in [5.74, 6) is -0.755. The lowest BCUT2D eigenvalue weighted by molar-refractivity contribution is 0.585. The van der Waals surface area contributed by atoms with Crippen LogP contribution in [0.5, 0.6) is 0 Å². The second kappa shape index (κ2) is 8.50. The lowest BCUT2D eigenvalue weighted by Gasteiger charge is -2.15. The highest BCUT2D eigenvalue weighted by Crippen LogP contribution is 2.31. The zero-order chi connectivity index (χ0) is 22.9. The lowest BCUT2D eigenvalue weighted by atomic mass is 10.0. The Bertz CT molecular complexity index is 1420. The van der Waals surface area contributed by atoms with Gasteiger partial charge in [0.25, 0.3) is 0 Å². The molecule has 2 aromatic heterocycles. The minimum Gasteiger partial charge on any atom is -0.385 e. The van der Waals surface area contributed by atoms with Crippen molar-refractivity contribution in [3.8, 4) is 22.5 Å². The van der Waals surface area contributed by atoms with Gasteiger partial charge in [-0.25, -0.2) is 18.4 Å². The monoisotopic (exact) mass is 443 g/mol. The number of aromatic nitrogens is 4. The Kier molecular flexibility index (Phi) is 5.38. The van der Waals surface area contributed by atoms with Gasteiger partial charge < -0.3 is 5.32 Å². The molecule has 3 aromatic carbocycles. The summed E-state index contributed by atoms with van der Waals surface area (Å²) in [7, 11) is 0. The molecule has 0 aliphatic heterocycles. The number of anilines is 1. The van der Waals surface area contributed by atoms with E-state index in [1.54, 1.807) is 17.2 Å². The number of nitrogens with zero attached hydrogens (tertiary/aromatic N) is 4. The Balaban J connectivity index is 1.62. The third-order valence-corrected chi connectivity index (χ3v) is 5.45. The van der Waals surface area contributed by atoms with E-state index in [-0.39, 0.29) is 0 Å². The number of fused-ring (bicyclic) bond motifs is 1. The largest absolute Gasteiger partial charge is 0.385 e. The number of nitrogens with one attached hydrogen (secondary N) is 1. The summed E-state index contributed by atoms with van der Waals surface area (Å²) < 4.78 is 31.8. The summed E-state index contributed by atoms with van der Waals surface area (Å²) >= 11 is 0. The second-order valence-electron chi connectivity index (χ2n) is 8.41. The summed E-state index contributed by atoms with van der Waals surface area (Å²) in [6.07, 6.45) is 5.37. The molecular weight excluding hydrogens is 420 g/mol. The van der Waals surface area contributed by atoms with Crippen molar-refractivity contribution in [2.75, 3.05) is 11.9 Å². The third-order valence-electron chi connectivity index (χ3n) is 5.45. The standard InChI is InChI=1S/C26H23F2N5/c1-17(2)15-29-20-10-18(23-6-4-19(27)12-24(23)28)11-22(13-20)32-16-30-25-14-21(5-7-26(25)32)33-9-3-8-31-33/h3-14,16-17,29H,15H2,1-2H3. The molecule has 0 aliphatic rings. The summed E-state index contributed by atoms with van der Waals surface area (Å²) in [6, 6.07) is 17.3. The van der Waals surface area contributed by atoms with Crippen LogP contribution in [0.1, 0.15) is 13.8 Å². The van der Waals surface area contributed by atoms with Crippen LogP contribution in [0.4, 0.5) is 14.5 Å². The third kappa shape index (κ3) is 4.22. The van der Waals surface area contributed by atoms with Gasteiger partial charge in [-0.3, -0.25) is 4.57 Å². The molecular formula is C26H23F2N5. The first kappa shape index (κ1) is 20.9. The van der Waals surface area contributed by atoms with Gasteiger partial charge in [-0.1, -0.05) is 13.8 Å². The minimum absolute atomic E-state index is 0.344. The van der Waals surface area contributed by atoms with Gasteiger partial charge in [-0.15, -0.1) is 0 Å². The van der Waals surface area contributed by atoms with Crippen molar-refractivity contribution in [3.63, 3.8) is 0 Å². The van der Waals surface area contributed by atoms with E-state index >= 15 is 0 Å². The first-order valence-corrected chi connectivity index (χ1v) is 10.8. The molecule has 0 saturated heterocycles. The molecule has 0 amide bonds. The fourth-order valence-corrected chi connectivity index (χ4v) is 3.82. The van der Waals surface area contributed by atoms with Crippen molar-refractivity contribution in [1.29, 1.82) is 0 Å². The molecule has 0 spiro atoms. The van der Waals surface area contributed by atoms with E-state index in [9.17, 15) is 8.78 Å². The highest BCUT2D eigenvalue weighted by atomic mass is 19.1. The topological polar surface area (TPSA) is 47.7 Å². The van der Waals surface area contributed by atoms with E-state index in [0.29, 0.717) is 17.0 Å². The average molecular weight is 444 g/mol. The zero-order valence-electron chi connectivity index (χ0n) is 18.3. The quantitative estimate of drug-likeness (QED) is 0.339. The summed E-state index contributed by atoms with van der Waals surface area (Å²) in [5.41, 5.74) is 5.34. The van der Waals surface area contributed by atoms with Crippen molar-refractivity contribution in [2.45, 2.75) is 13.8 Å². The van der Waals surface area contributed by atoms with Crippen LogP contribution in [0.3, 0.4) is 0 Å². The minimum atomic E-state index is -0.598. The Morgan fingerprint density at radius 1 is 0.970 bits per heavy atom. The smallest absolute Gasteiger partial charge is 0.133 e. The van der Waals surface area contributed by atoms with Gasteiger partial charge in [-0.2, -0.15) is 5.10 Å². The molecule has 33 heavy (non-hydrogen) atoms. The highest BCUT2D eigenvalue weighted by Gasteiger charge is 2.13. The molecule has 0 radical (unpaired) electrons. The first-order chi connectivity index (χ1) is 16.0. The normalized spacial score (nSPS) is 11.4. The maximum atomic E-state index is 14.6. The number of rotatable bonds is 6. The zero-order valence-corrected chi connectivity index (χ0v) is 18.3. The van der Waals surface area contributed by atoms with Gasteiger partial charge in [0, 0.05) is 41.9 Å². The van der Waals surface area contributed by atoms with Gasteiger partial charge in [0.2, 0.25) is 0 Å². The van der Waals surface area contributed by atoms with Crippen molar-refractivity contribution < 1.29 is 8.78 Å². The van der Waals surface area contributed by atoms with Crippen molar-refractivity contribution >= 4 is 16.7 Å². The van der Waals surface area contributed by atoms with E-state index in [1.165, 1.54) is 12.1 Å². The second-order valence-corrected chi connectivity index (χ2v) is 8.41. The maximum Gasteiger partial charge on any atom is 0.133 e. The molecule has 5 nitrogen and oxygen atoms in total. The van der Waals surface area contributed by atoms with Crippen LogP contribution in [-0.4, -0.2) is 25.9 Å². The van der Waals surface area contributed by atoms with Gasteiger partial charge in [0.05, 0.1) is 16.7 Å². The van der Waals surface area contributed by atoms with E-state index < -0.39 is 11.6 Å². The highest BCUT2D eigenvalue weighted by molar-refractivity contribution is 5.81. The van der Waals surface area contributed by atoms with E-state index in [2.05, 4.69) is 29.2 Å². The fourth-order valence-electron chi connectivity index (χ4n) is 3.82. The number of benzene rings is 3. The molecule has 0 unspecified atom stereocenters. The predicted octanol–water partition coefficient (Wildman–Crippen LogP) is 6.22. The molecule has 0 fully saturated rings. The van der Waals surface area contributed by atoms with Crippen molar-refractivity contribution in [2.24, 2.45) is 5.92 Å². The van der Waals surface area contributed by atoms with Crippen LogP contribution in [0.15, 0.2) is 79.4 Å². The van der Waals surface area contributed by atoms with Crippen molar-refractivity contribution in [1.82, 2.24) is 19.3 Å². The Morgan fingerprint density at radius 3 is 2.61 bits per heavy atom. The van der Waals surface area contributed by atoms with Crippen LogP contribution >= 0.6 is 0 Å². The van der Waals surface area contributed by atoms with Crippen LogP contribution < -0.4 is 5.32 Å². The van der Waals surface area contributed by atoms with E-state index in [4.69, 9.17) is 0 Å². The van der Waals surface area contributed by atoms with Crippen LogP contribution in [0.2, 0.25) is 0 Å². The van der Waals surface area contributed by atoms with Crippen molar-refractivity contribution in [3.05, 3.63) is 91.0 Å². The summed E-state index contributed by atoms with van der Waals surface area (Å²) in [4.78, 5) is 4.58. The predicted molar refractivity (Wildman–Crippen MR) is 127 cm³/mol. The van der Waals surface area contributed by atoms with E-state index in [1.807, 2.05) is 53.2 Å². The molecule has 166 valence electrons. The van der Waals surface area contributed by atoms with Crippen LogP contribution in [-0.2, 0) is 0 Å². The van der Waals surface area contributed by atoms with Crippen LogP contribution in [0.25, 0.3) is 33.5 Å². The number of hydrogen-bond donors (Lipinski definition) is 1. The molecule has 0 aliphatic carbocycles. The number of halogens is 2. The van der Waals surface area contributed by atoms with E-state index in [0.717, 1.165) is 40.7 Å². The molecule has 5 aromatic rings. The van der Waals surface area contributed by atoms with Gasteiger partial charge >= 0.3 is 0 Å². The molecule has 2 heterocycles. The Morgan fingerprint density at radius 2 is 1.85 bits per heavy atom. The van der Waals surface area contributed by atoms with Crippen LogP contribution in [0, 0.1) is 17.6 Å². The molecule has 1 N–H and O–H groups in total. The SMILES string of the molecule is CC(C)CNc1cc(-c2ccc(F)cc2F)cc(-n2cnc3cc(-n4cccn4)ccc32)c1. The molecule has 5 rings (SSSR count). The Labute approximate surface area is 190 Å². The summed E-state index contributed by atoms with van der Waals surface area (Å²) in [6.45, 7) is 5.02. The average Bonchev–Trinajstić information content (AvgIpc) is 3.47. The van der Waals surface area contributed by atoms with Gasteiger partial charge in [0.1, 0.15) is 18.0 Å². The summed E-state index contributed by atoms with van der Waals surface area (Å²) in [5, 5.41) is 7.70. The van der Waals surface area contributed by atoms with Gasteiger partial charge in [0.15, 0.2) is 0 Å². The number of hydrogen-bond acceptors (Lipinski definition) is 3. The lowest BCUT2D eigenvalue weighted by Crippen LogP contribution is -2.08.